The number of ketones is 1. The first-order chi connectivity index (χ1) is 13.0. The molecule has 0 saturated heterocycles. The zero-order chi connectivity index (χ0) is 19.4. The molecule has 2 aromatic carbocycles. The Kier molecular flexibility index (Phi) is 5.97. The molecule has 0 radical (unpaired) electrons. The number of ether oxygens (including phenoxy) is 2. The van der Waals surface area contributed by atoms with Crippen LogP contribution in [0.5, 0.6) is 5.75 Å². The number of benzene rings is 2. The molecule has 1 aliphatic carbocycles. The van der Waals surface area contributed by atoms with Crippen LogP contribution in [0.2, 0.25) is 5.02 Å². The minimum absolute atomic E-state index is 0.236. The third kappa shape index (κ3) is 4.22. The van der Waals surface area contributed by atoms with Crippen molar-refractivity contribution in [2.45, 2.75) is 19.3 Å². The fourth-order valence-corrected chi connectivity index (χ4v) is 3.64. The van der Waals surface area contributed by atoms with E-state index in [1.807, 2.05) is 42.5 Å². The van der Waals surface area contributed by atoms with E-state index in [0.29, 0.717) is 11.4 Å². The molecule has 4 nitrogen and oxygen atoms in total. The fourth-order valence-electron chi connectivity index (χ4n) is 3.44. The van der Waals surface area contributed by atoms with Gasteiger partial charge in [-0.15, -0.1) is 0 Å². The van der Waals surface area contributed by atoms with Crippen molar-refractivity contribution in [2.24, 2.45) is 5.92 Å². The van der Waals surface area contributed by atoms with Crippen molar-refractivity contribution in [3.63, 3.8) is 0 Å². The van der Waals surface area contributed by atoms with Gasteiger partial charge in [-0.1, -0.05) is 35.9 Å². The molecule has 27 heavy (non-hydrogen) atoms. The number of esters is 1. The van der Waals surface area contributed by atoms with E-state index in [1.54, 1.807) is 26.2 Å². The Hall–Kier alpha value is -2.59. The zero-order valence-electron chi connectivity index (χ0n) is 15.3. The normalized spacial score (nSPS) is 19.4. The monoisotopic (exact) mass is 384 g/mol. The van der Waals surface area contributed by atoms with Crippen molar-refractivity contribution in [3.8, 4) is 5.75 Å². The number of halogens is 1. The predicted molar refractivity (Wildman–Crippen MR) is 105 cm³/mol. The molecule has 0 saturated carbocycles. The molecule has 0 fully saturated rings. The summed E-state index contributed by atoms with van der Waals surface area (Å²) < 4.78 is 10.4. The Labute approximate surface area is 163 Å². The van der Waals surface area contributed by atoms with Crippen LogP contribution < -0.4 is 4.74 Å². The zero-order valence-corrected chi connectivity index (χ0v) is 16.0. The van der Waals surface area contributed by atoms with Crippen LogP contribution in [0.15, 0.2) is 54.6 Å². The van der Waals surface area contributed by atoms with Gasteiger partial charge in [0.25, 0.3) is 0 Å². The first kappa shape index (κ1) is 19.2. The maximum Gasteiger partial charge on any atom is 0.317 e. The SMILES string of the molecule is CCOC(=O)C1C(=O)C=C(c2ccc(OC)cc2)CC1c1cccc(Cl)c1. The lowest BCUT2D eigenvalue weighted by atomic mass is 9.73. The van der Waals surface area contributed by atoms with Crippen molar-refractivity contribution in [2.75, 3.05) is 13.7 Å². The second-order valence-corrected chi connectivity index (χ2v) is 6.83. The number of allylic oxidation sites excluding steroid dienone is 2. The topological polar surface area (TPSA) is 52.6 Å². The van der Waals surface area contributed by atoms with E-state index in [1.165, 1.54) is 0 Å². The maximum atomic E-state index is 12.9. The van der Waals surface area contributed by atoms with Gasteiger partial charge in [0.15, 0.2) is 5.78 Å². The smallest absolute Gasteiger partial charge is 0.317 e. The summed E-state index contributed by atoms with van der Waals surface area (Å²) in [5.74, 6) is -1.16. The third-order valence-electron chi connectivity index (χ3n) is 4.74. The van der Waals surface area contributed by atoms with E-state index in [2.05, 4.69) is 0 Å². The number of methoxy groups -OCH3 is 1. The first-order valence-electron chi connectivity index (χ1n) is 8.84. The van der Waals surface area contributed by atoms with Crippen molar-refractivity contribution in [3.05, 3.63) is 70.8 Å². The average Bonchev–Trinajstić information content (AvgIpc) is 2.67. The van der Waals surface area contributed by atoms with Gasteiger partial charge >= 0.3 is 5.97 Å². The van der Waals surface area contributed by atoms with Crippen LogP contribution in [-0.2, 0) is 14.3 Å². The molecule has 140 valence electrons. The van der Waals surface area contributed by atoms with Gasteiger partial charge in [-0.05, 0) is 60.4 Å². The highest BCUT2D eigenvalue weighted by Gasteiger charge is 2.39. The summed E-state index contributed by atoms with van der Waals surface area (Å²) in [4.78, 5) is 25.3. The lowest BCUT2D eigenvalue weighted by Crippen LogP contribution is -2.34. The van der Waals surface area contributed by atoms with E-state index in [-0.39, 0.29) is 18.3 Å². The van der Waals surface area contributed by atoms with Gasteiger partial charge in [-0.25, -0.2) is 0 Å². The lowest BCUT2D eigenvalue weighted by molar-refractivity contribution is -0.151. The maximum absolute atomic E-state index is 12.9. The van der Waals surface area contributed by atoms with Crippen LogP contribution in [0, 0.1) is 5.92 Å². The molecular formula is C22H21ClO4. The van der Waals surface area contributed by atoms with Crippen molar-refractivity contribution >= 4 is 28.9 Å². The summed E-state index contributed by atoms with van der Waals surface area (Å²) in [7, 11) is 1.61. The average molecular weight is 385 g/mol. The molecule has 0 aliphatic heterocycles. The second kappa shape index (κ2) is 8.40. The van der Waals surface area contributed by atoms with E-state index >= 15 is 0 Å². The second-order valence-electron chi connectivity index (χ2n) is 6.40. The molecule has 3 rings (SSSR count). The molecule has 0 bridgehead atoms. The highest BCUT2D eigenvalue weighted by atomic mass is 35.5. The molecule has 0 N–H and O–H groups in total. The van der Waals surface area contributed by atoms with Crippen LogP contribution in [0.1, 0.15) is 30.4 Å². The minimum Gasteiger partial charge on any atom is -0.497 e. The summed E-state index contributed by atoms with van der Waals surface area (Å²) >= 11 is 6.15. The Morgan fingerprint density at radius 3 is 2.56 bits per heavy atom. The number of hydrogen-bond donors (Lipinski definition) is 0. The summed E-state index contributed by atoms with van der Waals surface area (Å²) in [5, 5.41) is 0.572. The fraction of sp³-hybridized carbons (Fsp3) is 0.273. The molecule has 0 heterocycles. The predicted octanol–water partition coefficient (Wildman–Crippen LogP) is 4.67. The Bertz CT molecular complexity index is 870. The van der Waals surface area contributed by atoms with Crippen LogP contribution in [-0.4, -0.2) is 25.5 Å². The van der Waals surface area contributed by atoms with E-state index < -0.39 is 11.9 Å². The van der Waals surface area contributed by atoms with Crippen molar-refractivity contribution < 1.29 is 19.1 Å². The van der Waals surface area contributed by atoms with Gasteiger partial charge in [0.1, 0.15) is 11.7 Å². The lowest BCUT2D eigenvalue weighted by Gasteiger charge is -2.29. The Balaban J connectivity index is 2.00. The van der Waals surface area contributed by atoms with E-state index in [9.17, 15) is 9.59 Å². The molecular weight excluding hydrogens is 364 g/mol. The van der Waals surface area contributed by atoms with Gasteiger partial charge in [0.05, 0.1) is 13.7 Å². The molecule has 5 heteroatoms. The van der Waals surface area contributed by atoms with Gasteiger partial charge in [-0.3, -0.25) is 9.59 Å². The standard InChI is InChI=1S/C22H21ClO4/c1-3-27-22(25)21-19(15-5-4-6-17(23)11-15)12-16(13-20(21)24)14-7-9-18(26-2)10-8-14/h4-11,13,19,21H,3,12H2,1-2H3. The number of rotatable bonds is 5. The van der Waals surface area contributed by atoms with Crippen LogP contribution >= 0.6 is 11.6 Å². The molecule has 0 aromatic heterocycles. The molecule has 2 aromatic rings. The minimum atomic E-state index is -0.856. The highest BCUT2D eigenvalue weighted by Crippen LogP contribution is 2.41. The van der Waals surface area contributed by atoms with E-state index in [4.69, 9.17) is 21.1 Å². The quantitative estimate of drug-likeness (QED) is 0.555. The van der Waals surface area contributed by atoms with Crippen LogP contribution in [0.25, 0.3) is 5.57 Å². The summed E-state index contributed by atoms with van der Waals surface area (Å²) in [6.45, 7) is 1.97. The number of carbonyl (C=O) groups excluding carboxylic acids is 2. The third-order valence-corrected chi connectivity index (χ3v) is 4.98. The molecule has 1 aliphatic rings. The van der Waals surface area contributed by atoms with Gasteiger partial charge in [0.2, 0.25) is 0 Å². The van der Waals surface area contributed by atoms with Gasteiger partial charge < -0.3 is 9.47 Å². The van der Waals surface area contributed by atoms with Crippen molar-refractivity contribution in [1.82, 2.24) is 0 Å². The molecule has 2 unspecified atom stereocenters. The molecule has 0 amide bonds. The first-order valence-corrected chi connectivity index (χ1v) is 9.22. The van der Waals surface area contributed by atoms with Crippen molar-refractivity contribution in [1.29, 1.82) is 0 Å². The van der Waals surface area contributed by atoms with Crippen LogP contribution in [0.4, 0.5) is 0 Å². The number of carbonyl (C=O) groups is 2. The summed E-state index contributed by atoms with van der Waals surface area (Å²) in [6.07, 6.45) is 2.10. The largest absolute Gasteiger partial charge is 0.497 e. The Morgan fingerprint density at radius 2 is 1.93 bits per heavy atom. The highest BCUT2D eigenvalue weighted by molar-refractivity contribution is 6.30. The molecule has 2 atom stereocenters. The molecule has 0 spiro atoms. The van der Waals surface area contributed by atoms with Crippen LogP contribution in [0.3, 0.4) is 0 Å². The summed E-state index contributed by atoms with van der Waals surface area (Å²) in [6, 6.07) is 14.8. The Morgan fingerprint density at radius 1 is 1.19 bits per heavy atom. The number of hydrogen-bond acceptors (Lipinski definition) is 4. The summed E-state index contributed by atoms with van der Waals surface area (Å²) in [5.41, 5.74) is 2.67. The van der Waals surface area contributed by atoms with Gasteiger partial charge in [-0.2, -0.15) is 0 Å². The van der Waals surface area contributed by atoms with E-state index in [0.717, 1.165) is 22.4 Å². The van der Waals surface area contributed by atoms with Gasteiger partial charge in [0, 0.05) is 10.9 Å².